The molecule has 8 nitrogen and oxygen atoms in total. The van der Waals surface area contributed by atoms with E-state index in [4.69, 9.17) is 20.5 Å². The lowest BCUT2D eigenvalue weighted by Crippen LogP contribution is -2.31. The summed E-state index contributed by atoms with van der Waals surface area (Å²) in [6.07, 6.45) is 22.7. The van der Waals surface area contributed by atoms with Crippen molar-refractivity contribution in [1.29, 1.82) is 0 Å². The largest absolute Gasteiger partial charge is 0.481 e. The van der Waals surface area contributed by atoms with Gasteiger partial charge >= 0.3 is 11.9 Å². The fourth-order valence-electron chi connectivity index (χ4n) is 2.87. The Morgan fingerprint density at radius 2 is 1.23 bits per heavy atom. The van der Waals surface area contributed by atoms with Crippen molar-refractivity contribution in [2.75, 3.05) is 6.54 Å². The molecule has 1 atom stereocenters. The Labute approximate surface area is 188 Å². The molecule has 0 aromatic rings. The lowest BCUT2D eigenvalue weighted by molar-refractivity contribution is -0.143. The van der Waals surface area contributed by atoms with Gasteiger partial charge in [0.2, 0.25) is 0 Å². The fourth-order valence-corrected chi connectivity index (χ4v) is 3.48. The molecule has 184 valence electrons. The van der Waals surface area contributed by atoms with Crippen molar-refractivity contribution in [1.82, 2.24) is 0 Å². The van der Waals surface area contributed by atoms with Crippen LogP contribution in [0.3, 0.4) is 0 Å². The molecule has 1 unspecified atom stereocenters. The summed E-state index contributed by atoms with van der Waals surface area (Å²) in [6.45, 7) is 3.14. The standard InChI is InChI=1S/C18H37N.C4H6O7S/c1-2-3-4-5-6-7-8-9-10-11-12-13-14-15-16-17-18-19;5-3(6)1-2(4(7)8)12(9,10)11/h9-10H,2-8,11-19H2,1H3;2H,1H2,(H,5,6)(H,7,8)(H,9,10,11). The van der Waals surface area contributed by atoms with Crippen LogP contribution in [0.15, 0.2) is 12.2 Å². The number of nitrogens with two attached hydrogens (primary N) is 1. The van der Waals surface area contributed by atoms with Gasteiger partial charge in [-0.3, -0.25) is 14.1 Å². The Bertz CT molecular complexity index is 576. The minimum atomic E-state index is -4.84. The molecule has 0 aliphatic heterocycles. The molecule has 0 radical (unpaired) electrons. The van der Waals surface area contributed by atoms with Crippen LogP contribution in [0.1, 0.15) is 103 Å². The normalized spacial score (nSPS) is 12.4. The molecule has 0 spiro atoms. The minimum absolute atomic E-state index is 0.862. The van der Waals surface area contributed by atoms with Gasteiger partial charge in [-0.25, -0.2) is 0 Å². The van der Waals surface area contributed by atoms with Crippen LogP contribution in [0.4, 0.5) is 0 Å². The SMILES string of the molecule is CCCCCCCCC=CCCCCCCCCN.O=C(O)CC(C(=O)O)S(=O)(=O)O. The molecule has 0 fully saturated rings. The van der Waals surface area contributed by atoms with E-state index in [1.165, 1.54) is 89.9 Å². The molecule has 9 heteroatoms. The summed E-state index contributed by atoms with van der Waals surface area (Å²) < 4.78 is 28.7. The molecule has 5 N–H and O–H groups in total. The Kier molecular flexibility index (Phi) is 22.3. The van der Waals surface area contributed by atoms with E-state index in [9.17, 15) is 18.0 Å². The van der Waals surface area contributed by atoms with Crippen LogP contribution in [0.5, 0.6) is 0 Å². The Morgan fingerprint density at radius 3 is 1.55 bits per heavy atom. The van der Waals surface area contributed by atoms with Crippen molar-refractivity contribution < 1.29 is 32.8 Å². The average Bonchev–Trinajstić information content (AvgIpc) is 2.68. The molecule has 0 rings (SSSR count). The van der Waals surface area contributed by atoms with Crippen molar-refractivity contribution >= 4 is 22.1 Å². The van der Waals surface area contributed by atoms with Gasteiger partial charge in [-0.05, 0) is 38.6 Å². The van der Waals surface area contributed by atoms with Crippen molar-refractivity contribution in [2.24, 2.45) is 5.73 Å². The summed E-state index contributed by atoms with van der Waals surface area (Å²) in [5.41, 5.74) is 5.47. The highest BCUT2D eigenvalue weighted by Crippen LogP contribution is 2.09. The van der Waals surface area contributed by atoms with Gasteiger partial charge in [0.05, 0.1) is 6.42 Å². The number of aliphatic carboxylic acids is 2. The van der Waals surface area contributed by atoms with Crippen LogP contribution in [0.2, 0.25) is 0 Å². The number of carboxylic acid groups (broad SMARTS) is 2. The van der Waals surface area contributed by atoms with Crippen LogP contribution < -0.4 is 5.73 Å². The van der Waals surface area contributed by atoms with E-state index < -0.39 is 33.7 Å². The predicted molar refractivity (Wildman–Crippen MR) is 124 cm³/mol. The van der Waals surface area contributed by atoms with Crippen molar-refractivity contribution in [3.8, 4) is 0 Å². The molecular formula is C22H43NO7S. The number of carbonyl (C=O) groups is 2. The molecule has 0 saturated heterocycles. The topological polar surface area (TPSA) is 155 Å². The lowest BCUT2D eigenvalue weighted by atomic mass is 10.1. The number of allylic oxidation sites excluding steroid dienone is 2. The minimum Gasteiger partial charge on any atom is -0.481 e. The monoisotopic (exact) mass is 465 g/mol. The second kappa shape index (κ2) is 21.8. The van der Waals surface area contributed by atoms with E-state index in [-0.39, 0.29) is 0 Å². The summed E-state index contributed by atoms with van der Waals surface area (Å²) in [5.74, 6) is -3.50. The molecule has 0 saturated carbocycles. The van der Waals surface area contributed by atoms with Crippen LogP contribution in [-0.2, 0) is 19.7 Å². The van der Waals surface area contributed by atoms with Crippen LogP contribution in [0, 0.1) is 0 Å². The number of rotatable bonds is 19. The van der Waals surface area contributed by atoms with E-state index in [2.05, 4.69) is 19.1 Å². The first-order valence-electron chi connectivity index (χ1n) is 11.4. The number of carboxylic acids is 2. The van der Waals surface area contributed by atoms with Gasteiger partial charge in [0.25, 0.3) is 10.1 Å². The maximum absolute atomic E-state index is 10.2. The number of hydrogen-bond acceptors (Lipinski definition) is 5. The third-order valence-electron chi connectivity index (χ3n) is 4.71. The Balaban J connectivity index is 0. The highest BCUT2D eigenvalue weighted by molar-refractivity contribution is 7.87. The van der Waals surface area contributed by atoms with Crippen molar-refractivity contribution in [2.45, 2.75) is 108 Å². The second-order valence-electron chi connectivity index (χ2n) is 7.67. The quantitative estimate of drug-likeness (QED) is 0.121. The molecule has 0 aromatic carbocycles. The maximum atomic E-state index is 10.2. The summed E-state index contributed by atoms with van der Waals surface area (Å²) >= 11 is 0. The van der Waals surface area contributed by atoms with Gasteiger partial charge in [0, 0.05) is 0 Å². The van der Waals surface area contributed by atoms with Gasteiger partial charge in [-0.2, -0.15) is 8.42 Å². The number of unbranched alkanes of at least 4 members (excludes halogenated alkanes) is 12. The average molecular weight is 466 g/mol. The van der Waals surface area contributed by atoms with E-state index in [1.807, 2.05) is 0 Å². The molecule has 0 bridgehead atoms. The van der Waals surface area contributed by atoms with Crippen LogP contribution in [0.25, 0.3) is 0 Å². The first kappa shape index (κ1) is 31.7. The van der Waals surface area contributed by atoms with E-state index >= 15 is 0 Å². The van der Waals surface area contributed by atoms with Gasteiger partial charge in [0.1, 0.15) is 0 Å². The third-order valence-corrected chi connectivity index (χ3v) is 5.80. The van der Waals surface area contributed by atoms with E-state index in [1.54, 1.807) is 0 Å². The molecule has 0 aliphatic rings. The van der Waals surface area contributed by atoms with E-state index in [0.29, 0.717) is 0 Å². The molecule has 0 amide bonds. The Hall–Kier alpha value is -1.45. The van der Waals surface area contributed by atoms with Crippen molar-refractivity contribution in [3.05, 3.63) is 12.2 Å². The van der Waals surface area contributed by atoms with Crippen LogP contribution >= 0.6 is 0 Å². The van der Waals surface area contributed by atoms with Crippen molar-refractivity contribution in [3.63, 3.8) is 0 Å². The predicted octanol–water partition coefficient (Wildman–Crippen LogP) is 4.78. The second-order valence-corrected chi connectivity index (χ2v) is 9.27. The maximum Gasteiger partial charge on any atom is 0.325 e. The van der Waals surface area contributed by atoms with Crippen LogP contribution in [-0.4, -0.2) is 46.9 Å². The van der Waals surface area contributed by atoms with Gasteiger partial charge in [-0.15, -0.1) is 0 Å². The lowest BCUT2D eigenvalue weighted by Gasteiger charge is -2.04. The Morgan fingerprint density at radius 1 is 0.806 bits per heavy atom. The van der Waals surface area contributed by atoms with Gasteiger partial charge in [-0.1, -0.05) is 76.9 Å². The highest BCUT2D eigenvalue weighted by Gasteiger charge is 2.33. The first-order valence-corrected chi connectivity index (χ1v) is 12.9. The molecule has 0 aliphatic carbocycles. The fraction of sp³-hybridized carbons (Fsp3) is 0.818. The summed E-state index contributed by atoms with van der Waals surface area (Å²) in [7, 11) is -4.84. The smallest absolute Gasteiger partial charge is 0.325 e. The molecule has 0 heterocycles. The summed E-state index contributed by atoms with van der Waals surface area (Å²) in [4.78, 5) is 20.0. The van der Waals surface area contributed by atoms with Gasteiger partial charge < -0.3 is 15.9 Å². The third kappa shape index (κ3) is 24.7. The zero-order valence-corrected chi connectivity index (χ0v) is 19.8. The van der Waals surface area contributed by atoms with E-state index in [0.717, 1.165) is 6.54 Å². The first-order chi connectivity index (χ1) is 14.7. The highest BCUT2D eigenvalue weighted by atomic mass is 32.2. The summed E-state index contributed by atoms with van der Waals surface area (Å²) in [6, 6.07) is 0. The number of hydrogen-bond donors (Lipinski definition) is 4. The summed E-state index contributed by atoms with van der Waals surface area (Å²) in [5, 5.41) is 13.9. The molecule has 0 aromatic heterocycles. The molecule has 31 heavy (non-hydrogen) atoms. The zero-order valence-electron chi connectivity index (χ0n) is 19.0. The molecular weight excluding hydrogens is 422 g/mol. The van der Waals surface area contributed by atoms with Gasteiger partial charge in [0.15, 0.2) is 5.25 Å². The zero-order chi connectivity index (χ0) is 24.0.